The van der Waals surface area contributed by atoms with E-state index in [0.717, 1.165) is 6.42 Å². The third-order valence-corrected chi connectivity index (χ3v) is 1.91. The number of Topliss-reactive ketones (excluding diaryl/α,β-unsaturated/α-hetero) is 2. The van der Waals surface area contributed by atoms with Crippen LogP contribution in [-0.2, 0) is 9.59 Å². The maximum atomic E-state index is 11.0. The van der Waals surface area contributed by atoms with Gasteiger partial charge >= 0.3 is 0 Å². The van der Waals surface area contributed by atoms with Gasteiger partial charge < -0.3 is 5.11 Å². The Balaban J connectivity index is 3.42. The van der Waals surface area contributed by atoms with Gasteiger partial charge in [-0.05, 0) is 26.2 Å². The minimum atomic E-state index is -0.301. The first-order chi connectivity index (χ1) is 6.06. The summed E-state index contributed by atoms with van der Waals surface area (Å²) in [4.78, 5) is 21.6. The molecule has 0 aromatic rings. The van der Waals surface area contributed by atoms with E-state index in [2.05, 4.69) is 0 Å². The molecular weight excluding hydrogens is 168 g/mol. The van der Waals surface area contributed by atoms with Crippen LogP contribution in [0.2, 0.25) is 0 Å². The van der Waals surface area contributed by atoms with Gasteiger partial charge in [0.1, 0.15) is 11.6 Å². The van der Waals surface area contributed by atoms with Crippen LogP contribution in [0.15, 0.2) is 0 Å². The lowest BCUT2D eigenvalue weighted by atomic mass is 10.1. The van der Waals surface area contributed by atoms with Crippen molar-refractivity contribution in [2.75, 3.05) is 0 Å². The van der Waals surface area contributed by atoms with Crippen molar-refractivity contribution in [1.82, 2.24) is 0 Å². The fourth-order valence-electron chi connectivity index (χ4n) is 1.11. The van der Waals surface area contributed by atoms with Crippen LogP contribution >= 0.6 is 0 Å². The predicted molar refractivity (Wildman–Crippen MR) is 50.5 cm³/mol. The molecule has 0 amide bonds. The molecule has 0 rings (SSSR count). The summed E-state index contributed by atoms with van der Waals surface area (Å²) in [5, 5.41) is 9.17. The van der Waals surface area contributed by atoms with Crippen LogP contribution in [0.5, 0.6) is 0 Å². The number of hydrogen-bond acceptors (Lipinski definition) is 3. The molecule has 0 aliphatic heterocycles. The molecule has 3 nitrogen and oxygen atoms in total. The van der Waals surface area contributed by atoms with Gasteiger partial charge in [0.05, 0.1) is 12.5 Å². The van der Waals surface area contributed by atoms with Gasteiger partial charge in [-0.2, -0.15) is 0 Å². The van der Waals surface area contributed by atoms with Crippen molar-refractivity contribution >= 4 is 11.6 Å². The van der Waals surface area contributed by atoms with Crippen molar-refractivity contribution in [1.29, 1.82) is 0 Å². The number of aliphatic hydroxyl groups excluding tert-OH is 1. The first-order valence-electron chi connectivity index (χ1n) is 4.75. The molecule has 13 heavy (non-hydrogen) atoms. The third kappa shape index (κ3) is 7.65. The molecule has 0 aromatic carbocycles. The van der Waals surface area contributed by atoms with E-state index in [1.54, 1.807) is 0 Å². The lowest BCUT2D eigenvalue weighted by Gasteiger charge is -2.05. The minimum absolute atomic E-state index is 0.0178. The molecule has 0 bridgehead atoms. The molecule has 0 saturated carbocycles. The van der Waals surface area contributed by atoms with Gasteiger partial charge in [-0.15, -0.1) is 0 Å². The molecule has 3 heteroatoms. The number of rotatable bonds is 7. The maximum absolute atomic E-state index is 11.0. The van der Waals surface area contributed by atoms with Crippen LogP contribution in [0, 0.1) is 0 Å². The van der Waals surface area contributed by atoms with E-state index >= 15 is 0 Å². The zero-order chi connectivity index (χ0) is 10.3. The topological polar surface area (TPSA) is 54.4 Å². The first-order valence-corrected chi connectivity index (χ1v) is 4.75. The lowest BCUT2D eigenvalue weighted by molar-refractivity contribution is -0.125. The zero-order valence-corrected chi connectivity index (χ0v) is 8.38. The highest BCUT2D eigenvalue weighted by Gasteiger charge is 2.06. The van der Waals surface area contributed by atoms with Gasteiger partial charge in [-0.1, -0.05) is 6.92 Å². The molecule has 0 saturated heterocycles. The molecule has 0 spiro atoms. The van der Waals surface area contributed by atoms with E-state index in [9.17, 15) is 14.7 Å². The van der Waals surface area contributed by atoms with Crippen molar-refractivity contribution in [2.45, 2.75) is 52.1 Å². The number of carbonyl (C=O) groups excluding carboxylic acids is 2. The molecular formula is C10H18O3. The van der Waals surface area contributed by atoms with E-state index in [4.69, 9.17) is 0 Å². The van der Waals surface area contributed by atoms with Crippen LogP contribution in [0.3, 0.4) is 0 Å². The highest BCUT2D eigenvalue weighted by atomic mass is 16.3. The number of carbonyl (C=O) groups is 2. The molecule has 0 aliphatic carbocycles. The number of aliphatic hydroxyl groups is 1. The normalized spacial score (nSPS) is 12.5. The Morgan fingerprint density at radius 1 is 1.38 bits per heavy atom. The molecule has 0 fully saturated rings. The Hall–Kier alpha value is -0.700. The Bertz CT molecular complexity index is 175. The molecule has 0 heterocycles. The Morgan fingerprint density at radius 2 is 2.00 bits per heavy atom. The van der Waals surface area contributed by atoms with Crippen molar-refractivity contribution in [3.63, 3.8) is 0 Å². The van der Waals surface area contributed by atoms with Crippen molar-refractivity contribution < 1.29 is 14.7 Å². The summed E-state index contributed by atoms with van der Waals surface area (Å²) < 4.78 is 0. The molecule has 0 aromatic heterocycles. The summed E-state index contributed by atoms with van der Waals surface area (Å²) in [7, 11) is 0. The molecule has 0 aliphatic rings. The SMILES string of the molecule is CCC(O)CCCC(=O)CC(C)=O. The second-order valence-electron chi connectivity index (χ2n) is 3.37. The molecule has 1 atom stereocenters. The standard InChI is InChI=1S/C10H18O3/c1-3-9(12)5-4-6-10(13)7-8(2)11/h9,12H,3-7H2,1-2H3. The quantitative estimate of drug-likeness (QED) is 0.613. The average Bonchev–Trinajstić information content (AvgIpc) is 2.02. The molecule has 76 valence electrons. The van der Waals surface area contributed by atoms with Gasteiger partial charge in [0.2, 0.25) is 0 Å². The number of hydrogen-bond donors (Lipinski definition) is 1. The Kier molecular flexibility index (Phi) is 6.41. The average molecular weight is 186 g/mol. The van der Waals surface area contributed by atoms with Crippen molar-refractivity contribution in [3.8, 4) is 0 Å². The van der Waals surface area contributed by atoms with E-state index in [0.29, 0.717) is 19.3 Å². The summed E-state index contributed by atoms with van der Waals surface area (Å²) in [6, 6.07) is 0. The highest BCUT2D eigenvalue weighted by Crippen LogP contribution is 2.05. The van der Waals surface area contributed by atoms with Gasteiger partial charge in [0.15, 0.2) is 0 Å². The maximum Gasteiger partial charge on any atom is 0.140 e. The molecule has 1 N–H and O–H groups in total. The largest absolute Gasteiger partial charge is 0.393 e. The van der Waals surface area contributed by atoms with E-state index in [1.165, 1.54) is 6.92 Å². The summed E-state index contributed by atoms with van der Waals surface area (Å²) in [5.74, 6) is -0.100. The van der Waals surface area contributed by atoms with Crippen LogP contribution < -0.4 is 0 Å². The minimum Gasteiger partial charge on any atom is -0.393 e. The predicted octanol–water partition coefficient (Wildman–Crippen LogP) is 1.48. The van der Waals surface area contributed by atoms with E-state index in [-0.39, 0.29) is 24.1 Å². The Morgan fingerprint density at radius 3 is 2.46 bits per heavy atom. The monoisotopic (exact) mass is 186 g/mol. The molecule has 0 radical (unpaired) electrons. The number of ketones is 2. The van der Waals surface area contributed by atoms with Crippen LogP contribution in [-0.4, -0.2) is 22.8 Å². The van der Waals surface area contributed by atoms with Gasteiger partial charge in [0, 0.05) is 6.42 Å². The van der Waals surface area contributed by atoms with E-state index < -0.39 is 0 Å². The summed E-state index contributed by atoms with van der Waals surface area (Å²) in [5.41, 5.74) is 0. The summed E-state index contributed by atoms with van der Waals surface area (Å²) in [6.45, 7) is 3.32. The second kappa shape index (κ2) is 6.78. The van der Waals surface area contributed by atoms with Crippen LogP contribution in [0.1, 0.15) is 46.0 Å². The van der Waals surface area contributed by atoms with E-state index in [1.807, 2.05) is 6.92 Å². The fourth-order valence-corrected chi connectivity index (χ4v) is 1.11. The Labute approximate surface area is 79.1 Å². The van der Waals surface area contributed by atoms with Crippen LogP contribution in [0.4, 0.5) is 0 Å². The summed E-state index contributed by atoms with van der Waals surface area (Å²) in [6.07, 6.45) is 2.21. The summed E-state index contributed by atoms with van der Waals surface area (Å²) >= 11 is 0. The molecule has 1 unspecified atom stereocenters. The van der Waals surface area contributed by atoms with Crippen molar-refractivity contribution in [3.05, 3.63) is 0 Å². The van der Waals surface area contributed by atoms with Crippen LogP contribution in [0.25, 0.3) is 0 Å². The second-order valence-corrected chi connectivity index (χ2v) is 3.37. The van der Waals surface area contributed by atoms with Gasteiger partial charge in [0.25, 0.3) is 0 Å². The first kappa shape index (κ1) is 12.3. The highest BCUT2D eigenvalue weighted by molar-refractivity contribution is 5.97. The third-order valence-electron chi connectivity index (χ3n) is 1.91. The zero-order valence-electron chi connectivity index (χ0n) is 8.38. The smallest absolute Gasteiger partial charge is 0.140 e. The van der Waals surface area contributed by atoms with Gasteiger partial charge in [-0.3, -0.25) is 9.59 Å². The van der Waals surface area contributed by atoms with Crippen molar-refractivity contribution in [2.24, 2.45) is 0 Å². The lowest BCUT2D eigenvalue weighted by Crippen LogP contribution is -2.08. The van der Waals surface area contributed by atoms with Gasteiger partial charge in [-0.25, -0.2) is 0 Å². The fraction of sp³-hybridized carbons (Fsp3) is 0.800.